The highest BCUT2D eigenvalue weighted by molar-refractivity contribution is 7.91. The van der Waals surface area contributed by atoms with Crippen molar-refractivity contribution < 1.29 is 8.42 Å². The summed E-state index contributed by atoms with van der Waals surface area (Å²) in [5.74, 6) is 0.791. The fourth-order valence-corrected chi connectivity index (χ4v) is 4.40. The smallest absolute Gasteiger partial charge is 0.151 e. The molecule has 0 aliphatic carbocycles. The third-order valence-corrected chi connectivity index (χ3v) is 5.57. The SMILES string of the molecule is CCCCCCN(CCCC)C1CCS(=O)(=O)C1. The molecule has 1 fully saturated rings. The van der Waals surface area contributed by atoms with Gasteiger partial charge >= 0.3 is 0 Å². The van der Waals surface area contributed by atoms with E-state index in [-0.39, 0.29) is 0 Å². The van der Waals surface area contributed by atoms with E-state index in [1.165, 1.54) is 38.5 Å². The molecule has 0 aromatic heterocycles. The summed E-state index contributed by atoms with van der Waals surface area (Å²) < 4.78 is 23.1. The highest BCUT2D eigenvalue weighted by Gasteiger charge is 2.31. The number of hydrogen-bond donors (Lipinski definition) is 0. The van der Waals surface area contributed by atoms with Crippen LogP contribution in [0.5, 0.6) is 0 Å². The van der Waals surface area contributed by atoms with Crippen LogP contribution in [0, 0.1) is 0 Å². The van der Waals surface area contributed by atoms with Crippen LogP contribution < -0.4 is 0 Å². The van der Waals surface area contributed by atoms with E-state index in [4.69, 9.17) is 0 Å². The first-order valence-electron chi connectivity index (χ1n) is 7.53. The van der Waals surface area contributed by atoms with Gasteiger partial charge in [-0.2, -0.15) is 0 Å². The van der Waals surface area contributed by atoms with E-state index in [2.05, 4.69) is 18.7 Å². The Bertz CT molecular complexity index is 314. The molecule has 0 aromatic rings. The highest BCUT2D eigenvalue weighted by atomic mass is 32.2. The number of hydrogen-bond acceptors (Lipinski definition) is 3. The molecule has 0 aromatic carbocycles. The van der Waals surface area contributed by atoms with Gasteiger partial charge in [-0.25, -0.2) is 8.42 Å². The lowest BCUT2D eigenvalue weighted by Crippen LogP contribution is -2.37. The first-order chi connectivity index (χ1) is 8.59. The Labute approximate surface area is 113 Å². The monoisotopic (exact) mass is 275 g/mol. The van der Waals surface area contributed by atoms with Gasteiger partial charge in [0.15, 0.2) is 9.84 Å². The maximum absolute atomic E-state index is 11.6. The van der Waals surface area contributed by atoms with Gasteiger partial charge in [0.1, 0.15) is 0 Å². The number of sulfone groups is 1. The summed E-state index contributed by atoms with van der Waals surface area (Å²) >= 11 is 0. The third kappa shape index (κ3) is 5.70. The van der Waals surface area contributed by atoms with Gasteiger partial charge < -0.3 is 0 Å². The minimum Gasteiger partial charge on any atom is -0.299 e. The molecule has 1 aliphatic heterocycles. The van der Waals surface area contributed by atoms with Crippen LogP contribution in [0.4, 0.5) is 0 Å². The summed E-state index contributed by atoms with van der Waals surface area (Å²) in [6, 6.07) is 0.295. The van der Waals surface area contributed by atoms with Gasteiger partial charge in [-0.1, -0.05) is 39.5 Å². The van der Waals surface area contributed by atoms with Gasteiger partial charge in [0.2, 0.25) is 0 Å². The largest absolute Gasteiger partial charge is 0.299 e. The Morgan fingerprint density at radius 1 is 1.00 bits per heavy atom. The van der Waals surface area contributed by atoms with Gasteiger partial charge in [-0.05, 0) is 32.4 Å². The van der Waals surface area contributed by atoms with Gasteiger partial charge in [0.05, 0.1) is 11.5 Å². The van der Waals surface area contributed by atoms with E-state index in [0.29, 0.717) is 17.5 Å². The standard InChI is InChI=1S/C14H29NO2S/c1-3-5-7-8-11-15(10-6-4-2)14-9-12-18(16,17)13-14/h14H,3-13H2,1-2H3. The zero-order valence-corrected chi connectivity index (χ0v) is 12.8. The van der Waals surface area contributed by atoms with Crippen molar-refractivity contribution in [3.05, 3.63) is 0 Å². The van der Waals surface area contributed by atoms with E-state index >= 15 is 0 Å². The summed E-state index contributed by atoms with van der Waals surface area (Å²) in [7, 11) is -2.74. The van der Waals surface area contributed by atoms with Crippen molar-refractivity contribution >= 4 is 9.84 Å². The second kappa shape index (κ2) is 8.16. The normalized spacial score (nSPS) is 22.7. The Hall–Kier alpha value is -0.0900. The van der Waals surface area contributed by atoms with Crippen LogP contribution in [0.25, 0.3) is 0 Å². The van der Waals surface area contributed by atoms with Crippen molar-refractivity contribution in [1.82, 2.24) is 4.90 Å². The summed E-state index contributed by atoms with van der Waals surface area (Å²) in [4.78, 5) is 2.43. The predicted octanol–water partition coefficient (Wildman–Crippen LogP) is 2.86. The molecule has 1 unspecified atom stereocenters. The molecule has 0 amide bonds. The Morgan fingerprint density at radius 2 is 1.67 bits per heavy atom. The minimum absolute atomic E-state index is 0.295. The van der Waals surface area contributed by atoms with Gasteiger partial charge in [0, 0.05) is 6.04 Å². The lowest BCUT2D eigenvalue weighted by Gasteiger charge is -2.27. The van der Waals surface area contributed by atoms with Gasteiger partial charge in [0.25, 0.3) is 0 Å². The predicted molar refractivity (Wildman–Crippen MR) is 77.7 cm³/mol. The van der Waals surface area contributed by atoms with Crippen LogP contribution in [0.3, 0.4) is 0 Å². The second-order valence-electron chi connectivity index (χ2n) is 5.51. The maximum Gasteiger partial charge on any atom is 0.151 e. The zero-order valence-electron chi connectivity index (χ0n) is 12.0. The summed E-state index contributed by atoms with van der Waals surface area (Å²) in [5.41, 5.74) is 0. The summed E-state index contributed by atoms with van der Waals surface area (Å²) in [6.07, 6.45) is 8.26. The van der Waals surface area contributed by atoms with Crippen molar-refractivity contribution in [2.24, 2.45) is 0 Å². The molecule has 18 heavy (non-hydrogen) atoms. The van der Waals surface area contributed by atoms with Crippen molar-refractivity contribution in [2.75, 3.05) is 24.6 Å². The molecule has 0 bridgehead atoms. The summed E-state index contributed by atoms with van der Waals surface area (Å²) in [5, 5.41) is 0. The number of unbranched alkanes of at least 4 members (excludes halogenated alkanes) is 4. The van der Waals surface area contributed by atoms with Crippen LogP contribution >= 0.6 is 0 Å². The molecule has 0 N–H and O–H groups in total. The van der Waals surface area contributed by atoms with E-state index in [1.54, 1.807) is 0 Å². The molecule has 3 nitrogen and oxygen atoms in total. The van der Waals surface area contributed by atoms with Gasteiger partial charge in [-0.3, -0.25) is 4.90 Å². The molecule has 4 heteroatoms. The lowest BCUT2D eigenvalue weighted by atomic mass is 10.1. The highest BCUT2D eigenvalue weighted by Crippen LogP contribution is 2.19. The first kappa shape index (κ1) is 16.0. The summed E-state index contributed by atoms with van der Waals surface area (Å²) in [6.45, 7) is 6.57. The average Bonchev–Trinajstić information content (AvgIpc) is 2.69. The molecule has 108 valence electrons. The second-order valence-corrected chi connectivity index (χ2v) is 7.74. The quantitative estimate of drug-likeness (QED) is 0.607. The molecule has 1 atom stereocenters. The third-order valence-electron chi connectivity index (χ3n) is 3.82. The molecule has 0 saturated carbocycles. The van der Waals surface area contributed by atoms with Crippen LogP contribution in [-0.4, -0.2) is 44.0 Å². The van der Waals surface area contributed by atoms with Crippen molar-refractivity contribution in [1.29, 1.82) is 0 Å². The van der Waals surface area contributed by atoms with Crippen molar-refractivity contribution in [2.45, 2.75) is 64.8 Å². The zero-order chi connectivity index (χ0) is 13.4. The lowest BCUT2D eigenvalue weighted by molar-refractivity contribution is 0.204. The Balaban J connectivity index is 2.40. The maximum atomic E-state index is 11.6. The van der Waals surface area contributed by atoms with E-state index in [0.717, 1.165) is 19.5 Å². The van der Waals surface area contributed by atoms with Crippen LogP contribution in [0.1, 0.15) is 58.8 Å². The molecule has 1 heterocycles. The molecule has 1 rings (SSSR count). The van der Waals surface area contributed by atoms with E-state index < -0.39 is 9.84 Å². The number of nitrogens with zero attached hydrogens (tertiary/aromatic N) is 1. The van der Waals surface area contributed by atoms with Gasteiger partial charge in [-0.15, -0.1) is 0 Å². The molecule has 0 spiro atoms. The minimum atomic E-state index is -2.74. The van der Waals surface area contributed by atoms with Crippen LogP contribution in [0.15, 0.2) is 0 Å². The Morgan fingerprint density at radius 3 is 2.22 bits per heavy atom. The number of rotatable bonds is 9. The molecule has 1 saturated heterocycles. The average molecular weight is 275 g/mol. The van der Waals surface area contributed by atoms with E-state index in [9.17, 15) is 8.42 Å². The molecular weight excluding hydrogens is 246 g/mol. The molecule has 1 aliphatic rings. The molecular formula is C14H29NO2S. The topological polar surface area (TPSA) is 37.4 Å². The van der Waals surface area contributed by atoms with Crippen LogP contribution in [-0.2, 0) is 9.84 Å². The first-order valence-corrected chi connectivity index (χ1v) is 9.35. The van der Waals surface area contributed by atoms with Crippen LogP contribution in [0.2, 0.25) is 0 Å². The fraction of sp³-hybridized carbons (Fsp3) is 1.00. The van der Waals surface area contributed by atoms with Crippen molar-refractivity contribution in [3.63, 3.8) is 0 Å². The molecule has 0 radical (unpaired) electrons. The Kier molecular flexibility index (Phi) is 7.23. The fourth-order valence-electron chi connectivity index (χ4n) is 2.64. The van der Waals surface area contributed by atoms with Crippen molar-refractivity contribution in [3.8, 4) is 0 Å². The van der Waals surface area contributed by atoms with E-state index in [1.807, 2.05) is 0 Å².